The molecular formula is C15H18N4OS. The molecule has 0 saturated heterocycles. The van der Waals surface area contributed by atoms with Gasteiger partial charge < -0.3 is 11.1 Å². The maximum absolute atomic E-state index is 11.9. The van der Waals surface area contributed by atoms with Crippen LogP contribution in [0.1, 0.15) is 17.5 Å². The van der Waals surface area contributed by atoms with Crippen molar-refractivity contribution < 1.29 is 0 Å². The van der Waals surface area contributed by atoms with E-state index in [2.05, 4.69) is 46.5 Å². The van der Waals surface area contributed by atoms with Gasteiger partial charge in [-0.1, -0.05) is 29.8 Å². The average Bonchev–Trinajstić information content (AvgIpc) is 2.47. The number of hydrogen-bond donors (Lipinski definition) is 3. The molecule has 1 aliphatic rings. The monoisotopic (exact) mass is 302 g/mol. The normalized spacial score (nSPS) is 17.1. The fourth-order valence-electron chi connectivity index (χ4n) is 2.37. The van der Waals surface area contributed by atoms with Crippen LogP contribution in [-0.2, 0) is 6.42 Å². The number of benzene rings is 1. The van der Waals surface area contributed by atoms with Crippen molar-refractivity contribution in [2.45, 2.75) is 29.9 Å². The minimum atomic E-state index is -0.157. The number of aromatic nitrogens is 2. The predicted molar refractivity (Wildman–Crippen MR) is 86.9 cm³/mol. The van der Waals surface area contributed by atoms with Gasteiger partial charge in [0.1, 0.15) is 10.7 Å². The molecule has 0 spiro atoms. The summed E-state index contributed by atoms with van der Waals surface area (Å²) in [7, 11) is 0. The lowest BCUT2D eigenvalue weighted by Gasteiger charge is -2.24. The molecule has 0 bridgehead atoms. The number of nitrogens with one attached hydrogen (secondary N) is 2. The molecule has 1 aliphatic heterocycles. The van der Waals surface area contributed by atoms with Crippen LogP contribution >= 0.6 is 11.8 Å². The zero-order valence-electron chi connectivity index (χ0n) is 11.8. The van der Waals surface area contributed by atoms with E-state index in [0.717, 1.165) is 19.4 Å². The summed E-state index contributed by atoms with van der Waals surface area (Å²) in [4.78, 5) is 19.2. The molecule has 0 fully saturated rings. The van der Waals surface area contributed by atoms with Gasteiger partial charge in [0.15, 0.2) is 0 Å². The van der Waals surface area contributed by atoms with Crippen LogP contribution < -0.4 is 16.6 Å². The smallest absolute Gasteiger partial charge is 0.268 e. The number of aryl methyl sites for hydroxylation is 2. The van der Waals surface area contributed by atoms with Crippen molar-refractivity contribution in [1.29, 1.82) is 0 Å². The summed E-state index contributed by atoms with van der Waals surface area (Å²) in [6.45, 7) is 2.89. The van der Waals surface area contributed by atoms with Gasteiger partial charge in [-0.2, -0.15) is 4.98 Å². The lowest BCUT2D eigenvalue weighted by atomic mass is 10.1. The third kappa shape index (κ3) is 3.21. The Morgan fingerprint density at radius 3 is 2.90 bits per heavy atom. The average molecular weight is 302 g/mol. The fourth-order valence-corrected chi connectivity index (χ4v) is 3.49. The molecule has 0 saturated carbocycles. The summed E-state index contributed by atoms with van der Waals surface area (Å²) >= 11 is 1.59. The van der Waals surface area contributed by atoms with Gasteiger partial charge in [-0.15, -0.1) is 11.8 Å². The lowest BCUT2D eigenvalue weighted by Crippen LogP contribution is -2.28. The van der Waals surface area contributed by atoms with Gasteiger partial charge in [-0.3, -0.25) is 9.78 Å². The Kier molecular flexibility index (Phi) is 3.88. The Morgan fingerprint density at radius 2 is 2.14 bits per heavy atom. The first kappa shape index (κ1) is 14.0. The molecule has 4 N–H and O–H groups in total. The van der Waals surface area contributed by atoms with Crippen LogP contribution in [0.3, 0.4) is 0 Å². The number of anilines is 2. The standard InChI is InChI=1S/C15H18N4OS/c1-9-2-4-10(5-3-9)6-7-11-8-17-13-12(21-11)14(20)19-15(16)18-13/h2-5,11H,6-8H2,1H3,(H4,16,17,18,19,20). The number of nitrogens with zero attached hydrogens (tertiary/aromatic N) is 1. The van der Waals surface area contributed by atoms with Crippen LogP contribution in [0, 0.1) is 6.92 Å². The fraction of sp³-hybridized carbons (Fsp3) is 0.333. The van der Waals surface area contributed by atoms with Gasteiger partial charge in [0, 0.05) is 11.8 Å². The number of aromatic amines is 1. The largest absolute Gasteiger partial charge is 0.369 e. The van der Waals surface area contributed by atoms with Crippen molar-refractivity contribution in [2.24, 2.45) is 0 Å². The minimum absolute atomic E-state index is 0.157. The second-order valence-corrected chi connectivity index (χ2v) is 6.58. The van der Waals surface area contributed by atoms with Crippen LogP contribution in [0.4, 0.5) is 11.8 Å². The van der Waals surface area contributed by atoms with Gasteiger partial charge in [0.25, 0.3) is 5.56 Å². The van der Waals surface area contributed by atoms with Crippen molar-refractivity contribution in [3.05, 3.63) is 45.7 Å². The number of hydrogen-bond acceptors (Lipinski definition) is 5. The second-order valence-electron chi connectivity index (χ2n) is 5.27. The Bertz CT molecular complexity index is 696. The zero-order chi connectivity index (χ0) is 14.8. The molecule has 0 amide bonds. The molecule has 1 unspecified atom stereocenters. The molecule has 1 aromatic carbocycles. The molecule has 0 aliphatic carbocycles. The first-order chi connectivity index (χ1) is 10.1. The molecule has 3 rings (SSSR count). The van der Waals surface area contributed by atoms with Crippen molar-refractivity contribution >= 4 is 23.5 Å². The Balaban J connectivity index is 1.66. The van der Waals surface area contributed by atoms with Gasteiger partial charge in [-0.05, 0) is 25.3 Å². The summed E-state index contributed by atoms with van der Waals surface area (Å²) in [6, 6.07) is 8.60. The Morgan fingerprint density at radius 1 is 1.38 bits per heavy atom. The second kappa shape index (κ2) is 5.81. The molecule has 2 heterocycles. The van der Waals surface area contributed by atoms with E-state index in [1.807, 2.05) is 0 Å². The van der Waals surface area contributed by atoms with E-state index in [4.69, 9.17) is 5.73 Å². The van der Waals surface area contributed by atoms with Crippen molar-refractivity contribution in [3.8, 4) is 0 Å². The summed E-state index contributed by atoms with van der Waals surface area (Å²) in [5, 5.41) is 3.57. The quantitative estimate of drug-likeness (QED) is 0.809. The maximum atomic E-state index is 11.9. The number of fused-ring (bicyclic) bond motifs is 1. The first-order valence-corrected chi connectivity index (χ1v) is 7.85. The number of nitrogens with two attached hydrogens (primary N) is 1. The third-order valence-electron chi connectivity index (χ3n) is 3.55. The summed E-state index contributed by atoms with van der Waals surface area (Å²) in [5.41, 5.74) is 8.00. The van der Waals surface area contributed by atoms with Crippen LogP contribution in [0.25, 0.3) is 0 Å². The van der Waals surface area contributed by atoms with E-state index >= 15 is 0 Å². The number of thioether (sulfide) groups is 1. The van der Waals surface area contributed by atoms with Gasteiger partial charge in [0.05, 0.1) is 0 Å². The molecule has 2 aromatic rings. The minimum Gasteiger partial charge on any atom is -0.369 e. The van der Waals surface area contributed by atoms with Crippen molar-refractivity contribution in [1.82, 2.24) is 9.97 Å². The van der Waals surface area contributed by atoms with Crippen LogP contribution in [-0.4, -0.2) is 21.8 Å². The SMILES string of the molecule is Cc1ccc(CCC2CNc3nc(N)[nH]c(=O)c3S2)cc1. The van der Waals surface area contributed by atoms with E-state index in [0.29, 0.717) is 16.0 Å². The molecule has 5 nitrogen and oxygen atoms in total. The summed E-state index contributed by atoms with van der Waals surface area (Å²) in [5.74, 6) is 0.762. The predicted octanol–water partition coefficient (Wildman–Crippen LogP) is 2.18. The maximum Gasteiger partial charge on any atom is 0.268 e. The molecule has 1 aromatic heterocycles. The van der Waals surface area contributed by atoms with Crippen LogP contribution in [0.5, 0.6) is 0 Å². The van der Waals surface area contributed by atoms with E-state index in [1.54, 1.807) is 11.8 Å². The molecule has 0 radical (unpaired) electrons. The Labute approximate surface area is 127 Å². The van der Waals surface area contributed by atoms with Crippen molar-refractivity contribution in [2.75, 3.05) is 17.6 Å². The topological polar surface area (TPSA) is 83.8 Å². The highest BCUT2D eigenvalue weighted by molar-refractivity contribution is 8.00. The molecule has 1 atom stereocenters. The lowest BCUT2D eigenvalue weighted by molar-refractivity contribution is 0.766. The highest BCUT2D eigenvalue weighted by Crippen LogP contribution is 2.32. The highest BCUT2D eigenvalue weighted by atomic mass is 32.2. The first-order valence-electron chi connectivity index (χ1n) is 6.97. The van der Waals surface area contributed by atoms with E-state index in [9.17, 15) is 4.79 Å². The van der Waals surface area contributed by atoms with E-state index in [-0.39, 0.29) is 11.5 Å². The molecule has 6 heteroatoms. The number of nitrogen functional groups attached to an aromatic ring is 1. The van der Waals surface area contributed by atoms with E-state index in [1.165, 1.54) is 11.1 Å². The molecular weight excluding hydrogens is 284 g/mol. The Hall–Kier alpha value is -1.95. The van der Waals surface area contributed by atoms with Crippen molar-refractivity contribution in [3.63, 3.8) is 0 Å². The number of H-pyrrole nitrogens is 1. The van der Waals surface area contributed by atoms with Crippen LogP contribution in [0.2, 0.25) is 0 Å². The highest BCUT2D eigenvalue weighted by Gasteiger charge is 2.22. The molecule has 110 valence electrons. The van der Waals surface area contributed by atoms with Crippen LogP contribution in [0.15, 0.2) is 34.0 Å². The van der Waals surface area contributed by atoms with Gasteiger partial charge in [0.2, 0.25) is 5.95 Å². The summed E-state index contributed by atoms with van der Waals surface area (Å²) < 4.78 is 0. The third-order valence-corrected chi connectivity index (χ3v) is 4.90. The number of rotatable bonds is 3. The molecule has 21 heavy (non-hydrogen) atoms. The van der Waals surface area contributed by atoms with Gasteiger partial charge in [-0.25, -0.2) is 0 Å². The summed E-state index contributed by atoms with van der Waals surface area (Å²) in [6.07, 6.45) is 2.03. The van der Waals surface area contributed by atoms with E-state index < -0.39 is 0 Å². The van der Waals surface area contributed by atoms with Gasteiger partial charge >= 0.3 is 0 Å². The zero-order valence-corrected chi connectivity index (χ0v) is 12.7.